The van der Waals surface area contributed by atoms with Gasteiger partial charge in [-0.05, 0) is 23.6 Å². The van der Waals surface area contributed by atoms with Crippen LogP contribution in [0.1, 0.15) is 34.3 Å². The molecule has 25 heavy (non-hydrogen) atoms. The number of piperidine rings is 1. The first kappa shape index (κ1) is 19.0. The zero-order chi connectivity index (χ0) is 18.8. The summed E-state index contributed by atoms with van der Waals surface area (Å²) in [7, 11) is -3.67. The van der Waals surface area contributed by atoms with E-state index in [4.69, 9.17) is 10.3 Å². The highest BCUT2D eigenvalue weighted by Crippen LogP contribution is 2.28. The van der Waals surface area contributed by atoms with Gasteiger partial charge in [-0.15, -0.1) is 0 Å². The monoisotopic (exact) mass is 369 g/mol. The Morgan fingerprint density at radius 2 is 1.96 bits per heavy atom. The van der Waals surface area contributed by atoms with Crippen LogP contribution in [0.25, 0.3) is 0 Å². The van der Waals surface area contributed by atoms with Crippen LogP contribution >= 0.6 is 0 Å². The highest BCUT2D eigenvalue weighted by molar-refractivity contribution is 7.85. The number of nitrogens with two attached hydrogens (primary N) is 1. The van der Waals surface area contributed by atoms with Crippen LogP contribution < -0.4 is 11.1 Å². The van der Waals surface area contributed by atoms with Crippen LogP contribution in [0, 0.1) is 0 Å². The molecule has 1 unspecified atom stereocenters. The van der Waals surface area contributed by atoms with E-state index in [-0.39, 0.29) is 24.1 Å². The topological polar surface area (TPSA) is 147 Å². The van der Waals surface area contributed by atoms with Crippen molar-refractivity contribution in [1.29, 1.82) is 0 Å². The standard InChI is InChI=1S/C14H15N3O3.CH4O3S/c15-6-8-1-2-10-9(5-8)7-17(14(10)20)11-3-4-12(18)16-13(11)19;1-5(2,3)4/h1-2,5,11H,3-4,6-7,15H2,(H,16,18,19);1H3,(H,2,3,4). The van der Waals surface area contributed by atoms with Gasteiger partial charge in [-0.1, -0.05) is 12.1 Å². The second-order valence-electron chi connectivity index (χ2n) is 5.83. The highest BCUT2D eigenvalue weighted by atomic mass is 32.2. The lowest BCUT2D eigenvalue weighted by Crippen LogP contribution is -2.52. The van der Waals surface area contributed by atoms with Gasteiger partial charge in [-0.25, -0.2) is 0 Å². The third-order valence-electron chi connectivity index (χ3n) is 3.82. The minimum absolute atomic E-state index is 0.155. The number of carbonyl (C=O) groups excluding carboxylic acids is 3. The zero-order valence-electron chi connectivity index (χ0n) is 13.6. The summed E-state index contributed by atoms with van der Waals surface area (Å²) in [6.45, 7) is 0.814. The number of amides is 3. The fourth-order valence-electron chi connectivity index (χ4n) is 2.75. The third kappa shape index (κ3) is 4.84. The second kappa shape index (κ2) is 7.30. The molecular formula is C15H19N3O6S. The van der Waals surface area contributed by atoms with Crippen LogP contribution in [0.2, 0.25) is 0 Å². The molecule has 3 amide bonds. The molecule has 0 radical (unpaired) electrons. The van der Waals surface area contributed by atoms with Crippen LogP contribution in [0.3, 0.4) is 0 Å². The minimum atomic E-state index is -3.67. The first-order chi connectivity index (χ1) is 11.6. The van der Waals surface area contributed by atoms with E-state index in [9.17, 15) is 22.8 Å². The lowest BCUT2D eigenvalue weighted by molar-refractivity contribution is -0.136. The number of hydrogen-bond donors (Lipinski definition) is 3. The van der Waals surface area contributed by atoms with Crippen molar-refractivity contribution < 1.29 is 27.4 Å². The van der Waals surface area contributed by atoms with Crippen molar-refractivity contribution in [2.75, 3.05) is 6.26 Å². The average Bonchev–Trinajstić information content (AvgIpc) is 2.82. The number of imide groups is 1. The van der Waals surface area contributed by atoms with Gasteiger partial charge in [-0.2, -0.15) is 8.42 Å². The van der Waals surface area contributed by atoms with Crippen molar-refractivity contribution >= 4 is 27.8 Å². The molecule has 10 heteroatoms. The minimum Gasteiger partial charge on any atom is -0.326 e. The Balaban J connectivity index is 0.000000399. The smallest absolute Gasteiger partial charge is 0.261 e. The molecule has 1 aromatic rings. The molecule has 0 aromatic heterocycles. The molecule has 1 saturated heterocycles. The fraction of sp³-hybridized carbons (Fsp3) is 0.400. The first-order valence-corrected chi connectivity index (χ1v) is 9.34. The summed E-state index contributed by atoms with van der Waals surface area (Å²) < 4.78 is 25.9. The van der Waals surface area contributed by atoms with E-state index in [1.54, 1.807) is 6.07 Å². The van der Waals surface area contributed by atoms with Crippen LogP contribution in [-0.4, -0.2) is 47.9 Å². The van der Waals surface area contributed by atoms with E-state index in [2.05, 4.69) is 5.32 Å². The number of fused-ring (bicyclic) bond motifs is 1. The maximum Gasteiger partial charge on any atom is 0.261 e. The number of nitrogens with zero attached hydrogens (tertiary/aromatic N) is 1. The normalized spacial score (nSPS) is 19.9. The summed E-state index contributed by atoms with van der Waals surface area (Å²) in [5.41, 5.74) is 8.06. The van der Waals surface area contributed by atoms with Gasteiger partial charge in [0.15, 0.2) is 0 Å². The van der Waals surface area contributed by atoms with Gasteiger partial charge in [0.2, 0.25) is 11.8 Å². The molecule has 3 rings (SSSR count). The van der Waals surface area contributed by atoms with Crippen molar-refractivity contribution in [2.24, 2.45) is 5.73 Å². The highest BCUT2D eigenvalue weighted by Gasteiger charge is 2.38. The quantitative estimate of drug-likeness (QED) is 0.466. The van der Waals surface area contributed by atoms with Gasteiger partial charge in [0, 0.05) is 25.1 Å². The molecule has 0 spiro atoms. The van der Waals surface area contributed by atoms with Crippen molar-refractivity contribution in [2.45, 2.75) is 32.0 Å². The van der Waals surface area contributed by atoms with E-state index in [1.807, 2.05) is 12.1 Å². The lowest BCUT2D eigenvalue weighted by atomic mass is 10.0. The van der Waals surface area contributed by atoms with Crippen LogP contribution in [0.5, 0.6) is 0 Å². The zero-order valence-corrected chi connectivity index (χ0v) is 14.4. The van der Waals surface area contributed by atoms with Gasteiger partial charge in [0.1, 0.15) is 6.04 Å². The van der Waals surface area contributed by atoms with Gasteiger partial charge in [-0.3, -0.25) is 24.3 Å². The van der Waals surface area contributed by atoms with Crippen molar-refractivity contribution in [3.05, 3.63) is 34.9 Å². The summed E-state index contributed by atoms with van der Waals surface area (Å²) >= 11 is 0. The van der Waals surface area contributed by atoms with Crippen molar-refractivity contribution in [3.8, 4) is 0 Å². The van der Waals surface area contributed by atoms with Crippen molar-refractivity contribution in [3.63, 3.8) is 0 Å². The molecule has 2 heterocycles. The molecule has 0 aliphatic carbocycles. The van der Waals surface area contributed by atoms with Crippen LogP contribution in [0.15, 0.2) is 18.2 Å². The second-order valence-corrected chi connectivity index (χ2v) is 7.29. The van der Waals surface area contributed by atoms with Gasteiger partial charge < -0.3 is 10.6 Å². The molecule has 2 aliphatic heterocycles. The maximum absolute atomic E-state index is 12.4. The summed E-state index contributed by atoms with van der Waals surface area (Å²) in [6, 6.07) is 4.92. The Morgan fingerprint density at radius 3 is 2.52 bits per heavy atom. The number of hydrogen-bond acceptors (Lipinski definition) is 6. The number of benzene rings is 1. The number of nitrogens with one attached hydrogen (secondary N) is 1. The summed E-state index contributed by atoms with van der Waals surface area (Å²) in [6.07, 6.45) is 1.37. The average molecular weight is 369 g/mol. The molecule has 4 N–H and O–H groups in total. The summed E-state index contributed by atoms with van der Waals surface area (Å²) in [5.74, 6) is -0.819. The van der Waals surface area contributed by atoms with E-state index in [0.717, 1.165) is 11.1 Å². The predicted molar refractivity (Wildman–Crippen MR) is 87.9 cm³/mol. The Hall–Kier alpha value is -2.30. The third-order valence-corrected chi connectivity index (χ3v) is 3.82. The lowest BCUT2D eigenvalue weighted by Gasteiger charge is -2.29. The van der Waals surface area contributed by atoms with Crippen molar-refractivity contribution in [1.82, 2.24) is 10.2 Å². The van der Waals surface area contributed by atoms with E-state index >= 15 is 0 Å². The van der Waals surface area contributed by atoms with E-state index in [0.29, 0.717) is 31.3 Å². The van der Waals surface area contributed by atoms with Crippen LogP contribution in [0.4, 0.5) is 0 Å². The van der Waals surface area contributed by atoms with Gasteiger partial charge in [0.25, 0.3) is 16.0 Å². The van der Waals surface area contributed by atoms with E-state index in [1.165, 1.54) is 4.90 Å². The Morgan fingerprint density at radius 1 is 1.32 bits per heavy atom. The largest absolute Gasteiger partial charge is 0.326 e. The molecule has 1 aromatic carbocycles. The Labute approximate surface area is 144 Å². The first-order valence-electron chi connectivity index (χ1n) is 7.49. The molecule has 9 nitrogen and oxygen atoms in total. The molecule has 1 fully saturated rings. The molecular weight excluding hydrogens is 350 g/mol. The maximum atomic E-state index is 12.4. The van der Waals surface area contributed by atoms with Gasteiger partial charge in [0.05, 0.1) is 6.26 Å². The fourth-order valence-corrected chi connectivity index (χ4v) is 2.75. The molecule has 0 bridgehead atoms. The Bertz CT molecular complexity index is 813. The molecule has 0 saturated carbocycles. The van der Waals surface area contributed by atoms with E-state index < -0.39 is 16.2 Å². The Kier molecular flexibility index (Phi) is 5.55. The SMILES string of the molecule is CS(=O)(=O)O.NCc1ccc2c(c1)CN(C1CCC(=O)NC1=O)C2=O. The summed E-state index contributed by atoms with van der Waals surface area (Å²) in [5, 5.41) is 2.28. The molecule has 136 valence electrons. The molecule has 1 atom stereocenters. The number of rotatable bonds is 2. The summed E-state index contributed by atoms with van der Waals surface area (Å²) in [4.78, 5) is 36.9. The molecule has 2 aliphatic rings. The van der Waals surface area contributed by atoms with Gasteiger partial charge >= 0.3 is 0 Å². The number of carbonyl (C=O) groups is 3. The predicted octanol–water partition coefficient (Wildman–Crippen LogP) is -0.590. The van der Waals surface area contributed by atoms with Crippen LogP contribution in [-0.2, 0) is 32.8 Å².